The number of phenolic OH excluding ortho intramolecular Hbond substituents is 1. The Balaban J connectivity index is 1.77. The van der Waals surface area contributed by atoms with Crippen molar-refractivity contribution in [1.82, 2.24) is 9.38 Å². The van der Waals surface area contributed by atoms with Gasteiger partial charge in [0.25, 0.3) is 0 Å². The number of aromatic hydroxyl groups is 1. The number of rotatable bonds is 4. The Morgan fingerprint density at radius 1 is 1.18 bits per heavy atom. The Kier molecular flexibility index (Phi) is 3.65. The lowest BCUT2D eigenvalue weighted by atomic mass is 10.3. The Labute approximate surface area is 126 Å². The summed E-state index contributed by atoms with van der Waals surface area (Å²) in [4.78, 5) is 15.9. The van der Waals surface area contributed by atoms with Crippen LogP contribution in [0, 0.1) is 0 Å². The van der Waals surface area contributed by atoms with Crippen molar-refractivity contribution in [3.8, 4) is 11.5 Å². The molecule has 3 aromatic rings. The molecule has 0 aliphatic rings. The average molecular weight is 298 g/mol. The van der Waals surface area contributed by atoms with E-state index in [1.54, 1.807) is 53.2 Å². The number of benzene rings is 1. The van der Waals surface area contributed by atoms with E-state index < -0.39 is 5.97 Å². The Morgan fingerprint density at radius 2 is 1.95 bits per heavy atom. The molecule has 6 heteroatoms. The second kappa shape index (κ2) is 5.77. The number of carbonyl (C=O) groups is 1. The smallest absolute Gasteiger partial charge is 0.339 e. The van der Waals surface area contributed by atoms with Gasteiger partial charge in [-0.15, -0.1) is 0 Å². The molecule has 0 spiro atoms. The average Bonchev–Trinajstić information content (AvgIpc) is 2.95. The van der Waals surface area contributed by atoms with Crippen LogP contribution in [0.2, 0.25) is 0 Å². The zero-order valence-electron chi connectivity index (χ0n) is 11.9. The molecule has 0 amide bonds. The molecule has 22 heavy (non-hydrogen) atoms. The van der Waals surface area contributed by atoms with Crippen LogP contribution in [0.5, 0.6) is 11.5 Å². The van der Waals surface area contributed by atoms with Gasteiger partial charge in [-0.3, -0.25) is 0 Å². The Hall–Kier alpha value is -3.02. The lowest BCUT2D eigenvalue weighted by Gasteiger charge is -2.03. The minimum Gasteiger partial charge on any atom is -0.508 e. The lowest BCUT2D eigenvalue weighted by Crippen LogP contribution is -2.02. The number of hydrogen-bond acceptors (Lipinski definition) is 5. The highest BCUT2D eigenvalue weighted by atomic mass is 16.5. The van der Waals surface area contributed by atoms with E-state index in [4.69, 9.17) is 4.74 Å². The summed E-state index contributed by atoms with van der Waals surface area (Å²) in [6.45, 7) is 0.292. The molecular weight excluding hydrogens is 284 g/mol. The van der Waals surface area contributed by atoms with Gasteiger partial charge in [0, 0.05) is 12.4 Å². The first kappa shape index (κ1) is 13.9. The summed E-state index contributed by atoms with van der Waals surface area (Å²) >= 11 is 0. The molecule has 3 rings (SSSR count). The quantitative estimate of drug-likeness (QED) is 0.749. The minimum atomic E-state index is -0.391. The minimum absolute atomic E-state index is 0.190. The maximum absolute atomic E-state index is 11.5. The molecule has 0 aliphatic carbocycles. The van der Waals surface area contributed by atoms with Gasteiger partial charge in [-0.05, 0) is 36.4 Å². The molecule has 6 nitrogen and oxygen atoms in total. The first-order valence-electron chi connectivity index (χ1n) is 6.63. The van der Waals surface area contributed by atoms with Crippen molar-refractivity contribution in [2.75, 3.05) is 7.11 Å². The highest BCUT2D eigenvalue weighted by Crippen LogP contribution is 2.17. The van der Waals surface area contributed by atoms with Gasteiger partial charge in [0.05, 0.1) is 18.4 Å². The fraction of sp³-hybridized carbons (Fsp3) is 0.125. The predicted octanol–water partition coefficient (Wildman–Crippen LogP) is 2.41. The largest absolute Gasteiger partial charge is 0.508 e. The van der Waals surface area contributed by atoms with Crippen LogP contribution in [0.3, 0.4) is 0 Å². The van der Waals surface area contributed by atoms with Crippen LogP contribution in [0.1, 0.15) is 16.1 Å². The van der Waals surface area contributed by atoms with Gasteiger partial charge >= 0.3 is 5.97 Å². The molecule has 0 fully saturated rings. The molecule has 0 saturated carbocycles. The third-order valence-electron chi connectivity index (χ3n) is 3.15. The normalized spacial score (nSPS) is 10.6. The van der Waals surface area contributed by atoms with Gasteiger partial charge in [0.15, 0.2) is 0 Å². The van der Waals surface area contributed by atoms with E-state index in [9.17, 15) is 9.90 Å². The molecule has 1 aromatic carbocycles. The summed E-state index contributed by atoms with van der Waals surface area (Å²) in [6, 6.07) is 9.89. The first-order chi connectivity index (χ1) is 10.7. The molecule has 0 unspecified atom stereocenters. The van der Waals surface area contributed by atoms with Gasteiger partial charge in [0.1, 0.15) is 23.8 Å². The van der Waals surface area contributed by atoms with Gasteiger partial charge in [-0.2, -0.15) is 0 Å². The number of aromatic nitrogens is 2. The van der Waals surface area contributed by atoms with E-state index in [1.807, 2.05) is 0 Å². The topological polar surface area (TPSA) is 73.1 Å². The molecule has 0 atom stereocenters. The molecule has 0 radical (unpaired) electrons. The lowest BCUT2D eigenvalue weighted by molar-refractivity contribution is 0.0600. The van der Waals surface area contributed by atoms with Crippen molar-refractivity contribution < 1.29 is 19.4 Å². The zero-order chi connectivity index (χ0) is 15.5. The zero-order valence-corrected chi connectivity index (χ0v) is 11.9. The van der Waals surface area contributed by atoms with Crippen LogP contribution in [0.4, 0.5) is 0 Å². The second-order valence-electron chi connectivity index (χ2n) is 4.69. The highest BCUT2D eigenvalue weighted by molar-refractivity contribution is 5.89. The van der Waals surface area contributed by atoms with Crippen LogP contribution in [-0.4, -0.2) is 27.6 Å². The van der Waals surface area contributed by atoms with Crippen molar-refractivity contribution in [2.24, 2.45) is 0 Å². The Morgan fingerprint density at radius 3 is 2.68 bits per heavy atom. The van der Waals surface area contributed by atoms with Crippen molar-refractivity contribution in [1.29, 1.82) is 0 Å². The van der Waals surface area contributed by atoms with E-state index in [0.717, 1.165) is 11.3 Å². The van der Waals surface area contributed by atoms with Gasteiger partial charge in [-0.25, -0.2) is 9.78 Å². The van der Waals surface area contributed by atoms with E-state index in [0.29, 0.717) is 17.9 Å². The van der Waals surface area contributed by atoms with Crippen LogP contribution in [-0.2, 0) is 11.3 Å². The predicted molar refractivity (Wildman–Crippen MR) is 79.0 cm³/mol. The maximum Gasteiger partial charge on any atom is 0.339 e. The molecule has 1 N–H and O–H groups in total. The van der Waals surface area contributed by atoms with Crippen molar-refractivity contribution >= 4 is 11.6 Å². The number of hydrogen-bond donors (Lipinski definition) is 1. The van der Waals surface area contributed by atoms with Gasteiger partial charge < -0.3 is 19.0 Å². The van der Waals surface area contributed by atoms with E-state index >= 15 is 0 Å². The number of ether oxygens (including phenoxy) is 2. The number of methoxy groups -OCH3 is 1. The number of carbonyl (C=O) groups excluding carboxylic acids is 1. The number of phenols is 1. The van der Waals surface area contributed by atoms with E-state index in [2.05, 4.69) is 9.72 Å². The SMILES string of the molecule is COC(=O)c1ccc2nc(COc3ccc(O)cc3)cn2c1. The van der Waals surface area contributed by atoms with Gasteiger partial charge in [-0.1, -0.05) is 0 Å². The third kappa shape index (κ3) is 2.85. The van der Waals surface area contributed by atoms with Crippen molar-refractivity contribution in [2.45, 2.75) is 6.61 Å². The fourth-order valence-corrected chi connectivity index (χ4v) is 2.05. The molecule has 2 heterocycles. The van der Waals surface area contributed by atoms with Crippen LogP contribution < -0.4 is 4.74 Å². The van der Waals surface area contributed by atoms with E-state index in [1.165, 1.54) is 7.11 Å². The Bertz CT molecular complexity index is 809. The van der Waals surface area contributed by atoms with Crippen LogP contribution in [0.25, 0.3) is 5.65 Å². The number of nitrogens with zero attached hydrogens (tertiary/aromatic N) is 2. The van der Waals surface area contributed by atoms with Crippen molar-refractivity contribution in [3.63, 3.8) is 0 Å². The molecule has 0 aliphatic heterocycles. The molecule has 0 saturated heterocycles. The molecule has 112 valence electrons. The maximum atomic E-state index is 11.5. The number of imidazole rings is 1. The number of pyridine rings is 1. The highest BCUT2D eigenvalue weighted by Gasteiger charge is 2.08. The van der Waals surface area contributed by atoms with E-state index in [-0.39, 0.29) is 5.75 Å². The van der Waals surface area contributed by atoms with Crippen molar-refractivity contribution in [3.05, 3.63) is 60.0 Å². The summed E-state index contributed by atoms with van der Waals surface area (Å²) in [5, 5.41) is 9.22. The molecule has 0 bridgehead atoms. The second-order valence-corrected chi connectivity index (χ2v) is 4.69. The molecule has 2 aromatic heterocycles. The summed E-state index contributed by atoms with van der Waals surface area (Å²) < 4.78 is 12.0. The van der Waals surface area contributed by atoms with Crippen LogP contribution >= 0.6 is 0 Å². The fourth-order valence-electron chi connectivity index (χ4n) is 2.05. The summed E-state index contributed by atoms with van der Waals surface area (Å²) in [5.41, 5.74) is 1.91. The summed E-state index contributed by atoms with van der Waals surface area (Å²) in [7, 11) is 1.34. The molecular formula is C16H14N2O4. The summed E-state index contributed by atoms with van der Waals surface area (Å²) in [5.74, 6) is 0.443. The first-order valence-corrected chi connectivity index (χ1v) is 6.63. The van der Waals surface area contributed by atoms with Crippen LogP contribution in [0.15, 0.2) is 48.8 Å². The monoisotopic (exact) mass is 298 g/mol. The number of esters is 1. The number of fused-ring (bicyclic) bond motifs is 1. The van der Waals surface area contributed by atoms with Gasteiger partial charge in [0.2, 0.25) is 0 Å². The summed E-state index contributed by atoms with van der Waals surface area (Å²) in [6.07, 6.45) is 3.46. The standard InChI is InChI=1S/C16H14N2O4/c1-21-16(20)11-2-7-15-17-12(9-18(15)8-11)10-22-14-5-3-13(19)4-6-14/h2-9,19H,10H2,1H3. The third-order valence-corrected chi connectivity index (χ3v) is 3.15.